The topological polar surface area (TPSA) is 61.9 Å². The van der Waals surface area contributed by atoms with E-state index in [1.54, 1.807) is 22.9 Å². The first-order valence-corrected chi connectivity index (χ1v) is 2.06. The summed E-state index contributed by atoms with van der Waals surface area (Å²) in [6.07, 6.45) is 0. The third-order valence-electron chi connectivity index (χ3n) is 0.102. The molecule has 0 saturated heterocycles. The van der Waals surface area contributed by atoms with Gasteiger partial charge in [0, 0.05) is 0 Å². The van der Waals surface area contributed by atoms with Crippen molar-refractivity contribution in [1.82, 2.24) is 3.53 Å². The second-order valence-corrected chi connectivity index (χ2v) is 1.05. The van der Waals surface area contributed by atoms with Gasteiger partial charge in [0.25, 0.3) is 0 Å². The maximum absolute atomic E-state index is 6.40. The first kappa shape index (κ1) is 5.00. The Morgan fingerprint density at radius 2 is 2.20 bits per heavy atom. The standard InChI is InChI=1S/CH4IN3/c2-5-1(3)4/h(H4,3,4,5). The zero-order chi connectivity index (χ0) is 4.28. The maximum atomic E-state index is 6.40. The van der Waals surface area contributed by atoms with Crippen molar-refractivity contribution < 1.29 is 0 Å². The van der Waals surface area contributed by atoms with E-state index in [0.29, 0.717) is 0 Å². The summed E-state index contributed by atoms with van der Waals surface area (Å²) < 4.78 is 2.36. The van der Waals surface area contributed by atoms with E-state index in [1.807, 2.05) is 0 Å². The lowest BCUT2D eigenvalue weighted by Gasteiger charge is -1.82. The van der Waals surface area contributed by atoms with Crippen LogP contribution >= 0.6 is 22.9 Å². The summed E-state index contributed by atoms with van der Waals surface area (Å²) in [5.74, 6) is -0.00870. The molecule has 0 aromatic heterocycles. The van der Waals surface area contributed by atoms with Crippen LogP contribution in [0, 0.1) is 5.41 Å². The van der Waals surface area contributed by atoms with Gasteiger partial charge in [-0.15, -0.1) is 0 Å². The lowest BCUT2D eigenvalue weighted by molar-refractivity contribution is 1.35. The highest BCUT2D eigenvalue weighted by molar-refractivity contribution is 14.1. The van der Waals surface area contributed by atoms with Crippen molar-refractivity contribution >= 4 is 28.8 Å². The minimum atomic E-state index is -0.00870. The zero-order valence-corrected chi connectivity index (χ0v) is 4.61. The summed E-state index contributed by atoms with van der Waals surface area (Å²) >= 11 is 1.78. The average molecular weight is 185 g/mol. The molecule has 0 aliphatic heterocycles. The van der Waals surface area contributed by atoms with Gasteiger partial charge in [-0.3, -0.25) is 8.94 Å². The van der Waals surface area contributed by atoms with Crippen molar-refractivity contribution in [2.24, 2.45) is 5.73 Å². The van der Waals surface area contributed by atoms with Crippen molar-refractivity contribution in [3.63, 3.8) is 0 Å². The second kappa shape index (κ2) is 2.25. The minimum absolute atomic E-state index is 0.00870. The van der Waals surface area contributed by atoms with Crippen LogP contribution in [0.5, 0.6) is 0 Å². The molecule has 0 spiro atoms. The van der Waals surface area contributed by atoms with Crippen LogP contribution in [0.25, 0.3) is 0 Å². The van der Waals surface area contributed by atoms with Gasteiger partial charge in [0.15, 0.2) is 5.96 Å². The highest BCUT2D eigenvalue weighted by atomic mass is 127. The summed E-state index contributed by atoms with van der Waals surface area (Å²) in [6.45, 7) is 0. The fourth-order valence-electron chi connectivity index (χ4n) is 0. The molecule has 0 heterocycles. The third-order valence-corrected chi connectivity index (χ3v) is 0.683. The normalized spacial score (nSPS) is 6.60. The molecule has 5 heavy (non-hydrogen) atoms. The number of nitrogens with one attached hydrogen (secondary N) is 2. The Labute approximate surface area is 43.9 Å². The molecule has 0 saturated carbocycles. The second-order valence-electron chi connectivity index (χ2n) is 0.508. The summed E-state index contributed by atoms with van der Waals surface area (Å²) in [6, 6.07) is 0. The first-order chi connectivity index (χ1) is 2.27. The van der Waals surface area contributed by atoms with Gasteiger partial charge in [-0.25, -0.2) is 0 Å². The predicted molar refractivity (Wildman–Crippen MR) is 29.1 cm³/mol. The summed E-state index contributed by atoms with van der Waals surface area (Å²) in [4.78, 5) is 0. The molecule has 0 amide bonds. The monoisotopic (exact) mass is 185 g/mol. The van der Waals surface area contributed by atoms with E-state index in [2.05, 4.69) is 3.53 Å². The molecular weight excluding hydrogens is 181 g/mol. The van der Waals surface area contributed by atoms with Gasteiger partial charge in [-0.2, -0.15) is 0 Å². The minimum Gasteiger partial charge on any atom is -0.370 e. The molecule has 0 atom stereocenters. The molecule has 0 bridgehead atoms. The van der Waals surface area contributed by atoms with Crippen LogP contribution in [-0.4, -0.2) is 5.96 Å². The highest BCUT2D eigenvalue weighted by Gasteiger charge is 1.68. The summed E-state index contributed by atoms with van der Waals surface area (Å²) in [5, 5.41) is 6.40. The third kappa shape index (κ3) is 4.00. The molecule has 30 valence electrons. The van der Waals surface area contributed by atoms with Gasteiger partial charge in [-0.05, 0) is 0 Å². The largest absolute Gasteiger partial charge is 0.370 e. The Bertz CT molecular complexity index is 42.2. The van der Waals surface area contributed by atoms with Gasteiger partial charge in [0.05, 0.1) is 22.9 Å². The zero-order valence-electron chi connectivity index (χ0n) is 2.46. The van der Waals surface area contributed by atoms with Crippen molar-refractivity contribution in [3.8, 4) is 0 Å². The highest BCUT2D eigenvalue weighted by Crippen LogP contribution is 1.59. The Morgan fingerprint density at radius 3 is 2.20 bits per heavy atom. The van der Waals surface area contributed by atoms with Crippen molar-refractivity contribution in [1.29, 1.82) is 5.41 Å². The first-order valence-electron chi connectivity index (χ1n) is 0.978. The van der Waals surface area contributed by atoms with Crippen LogP contribution in [0.1, 0.15) is 0 Å². The quantitative estimate of drug-likeness (QED) is 0.212. The van der Waals surface area contributed by atoms with Crippen LogP contribution in [-0.2, 0) is 0 Å². The molecule has 3 nitrogen and oxygen atoms in total. The average Bonchev–Trinajstić information content (AvgIpc) is 1.38. The lowest BCUT2D eigenvalue weighted by Crippen LogP contribution is -2.20. The van der Waals surface area contributed by atoms with Crippen LogP contribution < -0.4 is 9.26 Å². The fraction of sp³-hybridized carbons (Fsp3) is 0. The van der Waals surface area contributed by atoms with Gasteiger partial charge in [0.2, 0.25) is 0 Å². The van der Waals surface area contributed by atoms with Crippen LogP contribution in [0.2, 0.25) is 0 Å². The van der Waals surface area contributed by atoms with E-state index in [-0.39, 0.29) is 5.96 Å². The number of rotatable bonds is 0. The number of halogens is 1. The number of hydrogen-bond acceptors (Lipinski definition) is 1. The van der Waals surface area contributed by atoms with Gasteiger partial charge >= 0.3 is 0 Å². The van der Waals surface area contributed by atoms with Crippen LogP contribution in [0.15, 0.2) is 0 Å². The molecule has 0 aromatic rings. The molecular formula is CH4IN3. The summed E-state index contributed by atoms with van der Waals surface area (Å²) in [5.41, 5.74) is 4.76. The van der Waals surface area contributed by atoms with E-state index >= 15 is 0 Å². The maximum Gasteiger partial charge on any atom is 0.194 e. The molecule has 0 aliphatic carbocycles. The van der Waals surface area contributed by atoms with Gasteiger partial charge in [0.1, 0.15) is 0 Å². The SMILES string of the molecule is N=C(N)NI. The Kier molecular flexibility index (Phi) is 2.25. The van der Waals surface area contributed by atoms with E-state index in [0.717, 1.165) is 0 Å². The molecule has 0 aliphatic rings. The number of nitrogens with two attached hydrogens (primary N) is 1. The van der Waals surface area contributed by atoms with Gasteiger partial charge < -0.3 is 5.73 Å². The molecule has 0 fully saturated rings. The molecule has 0 unspecified atom stereocenters. The Balaban J connectivity index is 2.85. The Morgan fingerprint density at radius 1 is 2.00 bits per heavy atom. The number of guanidine groups is 1. The number of hydrogen-bond donors (Lipinski definition) is 3. The van der Waals surface area contributed by atoms with Crippen LogP contribution in [0.4, 0.5) is 0 Å². The van der Waals surface area contributed by atoms with Crippen molar-refractivity contribution in [2.75, 3.05) is 0 Å². The predicted octanol–water partition coefficient (Wildman–Crippen LogP) is -0.181. The van der Waals surface area contributed by atoms with E-state index in [9.17, 15) is 0 Å². The van der Waals surface area contributed by atoms with E-state index in [1.165, 1.54) is 0 Å². The van der Waals surface area contributed by atoms with Crippen molar-refractivity contribution in [3.05, 3.63) is 0 Å². The smallest absolute Gasteiger partial charge is 0.194 e. The van der Waals surface area contributed by atoms with Crippen LogP contribution in [0.3, 0.4) is 0 Å². The molecule has 4 heteroatoms. The van der Waals surface area contributed by atoms with E-state index < -0.39 is 0 Å². The molecule has 0 aromatic carbocycles. The molecule has 4 N–H and O–H groups in total. The molecule has 0 rings (SSSR count). The van der Waals surface area contributed by atoms with Crippen molar-refractivity contribution in [2.45, 2.75) is 0 Å². The molecule has 0 radical (unpaired) electrons. The summed E-state index contributed by atoms with van der Waals surface area (Å²) in [7, 11) is 0. The fourth-order valence-corrected chi connectivity index (χ4v) is 0. The van der Waals surface area contributed by atoms with E-state index in [4.69, 9.17) is 11.1 Å². The van der Waals surface area contributed by atoms with Gasteiger partial charge in [-0.1, -0.05) is 0 Å². The Hall–Kier alpha value is 0. The lowest BCUT2D eigenvalue weighted by atomic mass is 11.1.